The minimum absolute atomic E-state index is 1.06. The average Bonchev–Trinajstić information content (AvgIpc) is 2.41. The predicted molar refractivity (Wildman–Crippen MR) is 85.7 cm³/mol. The molecule has 0 unspecified atom stereocenters. The molecule has 0 aliphatic rings. The van der Waals surface area contributed by atoms with Crippen LogP contribution in [0.1, 0.15) is 47.5 Å². The van der Waals surface area contributed by atoms with Crippen LogP contribution in [0.15, 0.2) is 48.7 Å². The van der Waals surface area contributed by atoms with Gasteiger partial charge in [0, 0.05) is 18.8 Å². The summed E-state index contributed by atoms with van der Waals surface area (Å²) in [5, 5.41) is 0. The third-order valence-electron chi connectivity index (χ3n) is 2.39. The van der Waals surface area contributed by atoms with Crippen molar-refractivity contribution in [2.75, 3.05) is 13.1 Å². The van der Waals surface area contributed by atoms with E-state index in [1.807, 2.05) is 39.0 Å². The minimum Gasteiger partial charge on any atom is -0.372 e. The van der Waals surface area contributed by atoms with Gasteiger partial charge in [0.1, 0.15) is 0 Å². The number of allylic oxidation sites excluding steroid dienone is 4. The van der Waals surface area contributed by atoms with Gasteiger partial charge in [-0.05, 0) is 25.3 Å². The second-order valence-corrected chi connectivity index (χ2v) is 3.79. The van der Waals surface area contributed by atoms with Gasteiger partial charge in [0.15, 0.2) is 0 Å². The molecule has 0 aromatic carbocycles. The number of nitrogens with zero attached hydrogens (tertiary/aromatic N) is 1. The fourth-order valence-corrected chi connectivity index (χ4v) is 1.59. The Morgan fingerprint density at radius 2 is 1.61 bits per heavy atom. The van der Waals surface area contributed by atoms with E-state index < -0.39 is 0 Å². The molecule has 0 bridgehead atoms. The minimum atomic E-state index is 1.06. The van der Waals surface area contributed by atoms with E-state index >= 15 is 0 Å². The van der Waals surface area contributed by atoms with Crippen molar-refractivity contribution in [3.63, 3.8) is 0 Å². The maximum Gasteiger partial charge on any atom is 0.0366 e. The Morgan fingerprint density at radius 3 is 1.94 bits per heavy atom. The van der Waals surface area contributed by atoms with Gasteiger partial charge in [-0.25, -0.2) is 0 Å². The van der Waals surface area contributed by atoms with Crippen molar-refractivity contribution in [1.29, 1.82) is 0 Å². The first-order valence-corrected chi connectivity index (χ1v) is 7.10. The summed E-state index contributed by atoms with van der Waals surface area (Å²) < 4.78 is 0. The molecule has 0 aromatic heterocycles. The summed E-state index contributed by atoms with van der Waals surface area (Å²) in [6, 6.07) is 0. The van der Waals surface area contributed by atoms with Gasteiger partial charge in [0.05, 0.1) is 0 Å². The molecule has 0 N–H and O–H groups in total. The summed E-state index contributed by atoms with van der Waals surface area (Å²) in [5.74, 6) is 0. The van der Waals surface area contributed by atoms with Crippen molar-refractivity contribution >= 4 is 0 Å². The Labute approximate surface area is 115 Å². The third-order valence-corrected chi connectivity index (χ3v) is 2.39. The molecule has 0 aromatic rings. The molecule has 0 heterocycles. The number of hydrogen-bond acceptors (Lipinski definition) is 1. The molecule has 0 radical (unpaired) electrons. The first-order valence-electron chi connectivity index (χ1n) is 7.10. The first kappa shape index (κ1) is 19.1. The zero-order valence-corrected chi connectivity index (χ0v) is 13.0. The molecule has 104 valence electrons. The molecule has 0 aliphatic carbocycles. The molecule has 0 atom stereocenters. The number of rotatable bonds is 8. The normalized spacial score (nSPS) is 10.8. The van der Waals surface area contributed by atoms with Gasteiger partial charge in [-0.2, -0.15) is 0 Å². The van der Waals surface area contributed by atoms with Crippen molar-refractivity contribution in [3.05, 3.63) is 48.7 Å². The maximum atomic E-state index is 4.17. The average molecular weight is 249 g/mol. The van der Waals surface area contributed by atoms with Crippen LogP contribution in [0.3, 0.4) is 0 Å². The molecule has 0 saturated heterocycles. The lowest BCUT2D eigenvalue weighted by molar-refractivity contribution is 0.353. The molecule has 1 nitrogen and oxygen atoms in total. The molecular formula is C17H31N. The summed E-state index contributed by atoms with van der Waals surface area (Å²) in [6.07, 6.45) is 10.3. The summed E-state index contributed by atoms with van der Waals surface area (Å²) in [4.78, 5) is 2.33. The van der Waals surface area contributed by atoms with Gasteiger partial charge in [0.25, 0.3) is 0 Å². The largest absolute Gasteiger partial charge is 0.372 e. The van der Waals surface area contributed by atoms with Crippen LogP contribution >= 0.6 is 0 Å². The lowest BCUT2D eigenvalue weighted by Gasteiger charge is -2.26. The highest BCUT2D eigenvalue weighted by molar-refractivity contribution is 5.38. The van der Waals surface area contributed by atoms with Gasteiger partial charge in [-0.3, -0.25) is 0 Å². The fourth-order valence-electron chi connectivity index (χ4n) is 1.59. The van der Waals surface area contributed by atoms with Crippen LogP contribution < -0.4 is 0 Å². The first-order chi connectivity index (χ1) is 8.71. The van der Waals surface area contributed by atoms with Crippen LogP contribution in [-0.2, 0) is 0 Å². The molecule has 0 spiro atoms. The Balaban J connectivity index is 0. The smallest absolute Gasteiger partial charge is 0.0366 e. The molecule has 0 rings (SSSR count). The van der Waals surface area contributed by atoms with Gasteiger partial charge in [0.2, 0.25) is 0 Å². The second kappa shape index (κ2) is 13.8. The van der Waals surface area contributed by atoms with Crippen LogP contribution in [0.5, 0.6) is 0 Å². The quantitative estimate of drug-likeness (QED) is 0.525. The van der Waals surface area contributed by atoms with Gasteiger partial charge in [-0.1, -0.05) is 65.2 Å². The van der Waals surface area contributed by atoms with Crippen LogP contribution in [-0.4, -0.2) is 18.0 Å². The zero-order chi connectivity index (χ0) is 14.4. The van der Waals surface area contributed by atoms with Crippen molar-refractivity contribution in [3.8, 4) is 0 Å². The van der Waals surface area contributed by atoms with E-state index in [0.29, 0.717) is 0 Å². The van der Waals surface area contributed by atoms with Crippen molar-refractivity contribution in [2.24, 2.45) is 0 Å². The van der Waals surface area contributed by atoms with Crippen LogP contribution in [0.25, 0.3) is 0 Å². The molecule has 0 fully saturated rings. The standard InChI is InChI=1S/C15H25N.C2H6/c1-6-10-11-15(9-4)14(5)16(12-7-2)13-8-3;1-2/h6,9-11H,4-5,7-8,12-13H2,1-3H3;1-2H3/b10-6-,15-11+;. The Kier molecular flexibility index (Phi) is 14.7. The lowest BCUT2D eigenvalue weighted by Crippen LogP contribution is -2.24. The molecule has 18 heavy (non-hydrogen) atoms. The number of hydrogen-bond donors (Lipinski definition) is 0. The fraction of sp³-hybridized carbons (Fsp3) is 0.529. The van der Waals surface area contributed by atoms with Crippen molar-refractivity contribution in [2.45, 2.75) is 47.5 Å². The molecule has 0 amide bonds. The van der Waals surface area contributed by atoms with E-state index in [0.717, 1.165) is 37.2 Å². The topological polar surface area (TPSA) is 3.24 Å². The Bertz CT molecular complexity index is 265. The Morgan fingerprint density at radius 1 is 1.11 bits per heavy atom. The van der Waals surface area contributed by atoms with Gasteiger partial charge < -0.3 is 4.90 Å². The molecule has 0 saturated carbocycles. The highest BCUT2D eigenvalue weighted by Crippen LogP contribution is 2.15. The van der Waals surface area contributed by atoms with E-state index in [9.17, 15) is 0 Å². The highest BCUT2D eigenvalue weighted by atomic mass is 15.1. The second-order valence-electron chi connectivity index (χ2n) is 3.79. The SMILES string of the molecule is C=C/C(=C\C=C/C)C(=C)N(CCC)CCC.CC. The summed E-state index contributed by atoms with van der Waals surface area (Å²) in [7, 11) is 0. The third kappa shape index (κ3) is 7.94. The summed E-state index contributed by atoms with van der Waals surface area (Å²) in [6.45, 7) is 20.5. The maximum absolute atomic E-state index is 4.17. The zero-order valence-electron chi connectivity index (χ0n) is 13.0. The monoisotopic (exact) mass is 249 g/mol. The van der Waals surface area contributed by atoms with E-state index in [4.69, 9.17) is 0 Å². The Hall–Kier alpha value is -1.24. The van der Waals surface area contributed by atoms with E-state index in [1.165, 1.54) is 0 Å². The van der Waals surface area contributed by atoms with E-state index in [1.54, 1.807) is 0 Å². The van der Waals surface area contributed by atoms with E-state index in [2.05, 4.69) is 38.0 Å². The molecule has 1 heteroatoms. The van der Waals surface area contributed by atoms with Crippen LogP contribution in [0.4, 0.5) is 0 Å². The van der Waals surface area contributed by atoms with Crippen molar-refractivity contribution in [1.82, 2.24) is 4.90 Å². The molecular weight excluding hydrogens is 218 g/mol. The molecule has 0 aliphatic heterocycles. The summed E-state index contributed by atoms with van der Waals surface area (Å²) in [5.41, 5.74) is 2.19. The summed E-state index contributed by atoms with van der Waals surface area (Å²) >= 11 is 0. The van der Waals surface area contributed by atoms with Crippen LogP contribution in [0.2, 0.25) is 0 Å². The van der Waals surface area contributed by atoms with Crippen LogP contribution in [0, 0.1) is 0 Å². The van der Waals surface area contributed by atoms with Gasteiger partial charge in [-0.15, -0.1) is 0 Å². The highest BCUT2D eigenvalue weighted by Gasteiger charge is 2.07. The lowest BCUT2D eigenvalue weighted by atomic mass is 10.1. The van der Waals surface area contributed by atoms with Crippen molar-refractivity contribution < 1.29 is 0 Å². The van der Waals surface area contributed by atoms with Gasteiger partial charge >= 0.3 is 0 Å². The van der Waals surface area contributed by atoms with E-state index in [-0.39, 0.29) is 0 Å². The predicted octanol–water partition coefficient (Wildman–Crippen LogP) is 5.34.